The topological polar surface area (TPSA) is 170 Å². The smallest absolute Gasteiger partial charge is 0.414 e. The van der Waals surface area contributed by atoms with E-state index in [-0.39, 0.29) is 6.54 Å². The molecule has 0 saturated carbocycles. The van der Waals surface area contributed by atoms with E-state index in [0.717, 1.165) is 49.6 Å². The summed E-state index contributed by atoms with van der Waals surface area (Å²) in [5, 5.41) is 30.2. The van der Waals surface area contributed by atoms with Crippen molar-refractivity contribution in [2.75, 3.05) is 31.5 Å². The maximum absolute atomic E-state index is 10.7. The molecule has 1 aliphatic heterocycles. The molecule has 3 heterocycles. The molecule has 3 aromatic rings. The number of fused-ring (bicyclic) bond motifs is 1. The van der Waals surface area contributed by atoms with E-state index in [4.69, 9.17) is 29.9 Å². The van der Waals surface area contributed by atoms with Crippen molar-refractivity contribution in [2.45, 2.75) is 45.8 Å². The van der Waals surface area contributed by atoms with E-state index >= 15 is 0 Å². The Hall–Kier alpha value is -4.03. The van der Waals surface area contributed by atoms with Crippen molar-refractivity contribution in [3.05, 3.63) is 54.2 Å². The second-order valence-corrected chi connectivity index (χ2v) is 8.29. The van der Waals surface area contributed by atoms with Crippen LogP contribution < -0.4 is 10.6 Å². The highest BCUT2D eigenvalue weighted by Crippen LogP contribution is 2.21. The molecule has 0 unspecified atom stereocenters. The Morgan fingerprint density at radius 2 is 1.63 bits per heavy atom. The number of carbonyl (C=O) groups is 3. The predicted octanol–water partition coefficient (Wildman–Crippen LogP) is 2.36. The van der Waals surface area contributed by atoms with Crippen LogP contribution in [-0.4, -0.2) is 84.9 Å². The number of benzene rings is 1. The van der Waals surface area contributed by atoms with Crippen LogP contribution in [0.2, 0.25) is 0 Å². The number of likely N-dealkylation sites (tertiary alicyclic amines) is 1. The number of hydrogen-bond acceptors (Lipinski definition) is 8. The van der Waals surface area contributed by atoms with E-state index in [2.05, 4.69) is 50.8 Å². The summed E-state index contributed by atoms with van der Waals surface area (Å²) in [6.45, 7) is 8.18. The third kappa shape index (κ3) is 9.79. The number of imidazole rings is 1. The van der Waals surface area contributed by atoms with Gasteiger partial charge in [0.05, 0.1) is 6.54 Å². The van der Waals surface area contributed by atoms with Crippen LogP contribution in [0.3, 0.4) is 0 Å². The molecule has 0 aliphatic carbocycles. The summed E-state index contributed by atoms with van der Waals surface area (Å²) in [7, 11) is 0. The molecule has 0 spiro atoms. The molecule has 1 aliphatic rings. The zero-order chi connectivity index (χ0) is 27.9. The Balaban J connectivity index is 0.000000560. The van der Waals surface area contributed by atoms with E-state index in [1.54, 1.807) is 6.20 Å². The van der Waals surface area contributed by atoms with Crippen LogP contribution >= 0.6 is 0 Å². The molecular formula is C26H36N6O6. The minimum atomic E-state index is -1.82. The molecule has 0 bridgehead atoms. The quantitative estimate of drug-likeness (QED) is 0.204. The maximum Gasteiger partial charge on any atom is 0.414 e. The summed E-state index contributed by atoms with van der Waals surface area (Å²) < 4.78 is 2.04. The average Bonchev–Trinajstić information content (AvgIpc) is 3.26. The zero-order valence-corrected chi connectivity index (χ0v) is 21.7. The van der Waals surface area contributed by atoms with E-state index in [0.29, 0.717) is 19.1 Å². The molecule has 38 heavy (non-hydrogen) atoms. The number of anilines is 1. The van der Waals surface area contributed by atoms with Crippen molar-refractivity contribution >= 4 is 35.0 Å². The van der Waals surface area contributed by atoms with Gasteiger partial charge in [-0.1, -0.05) is 44.2 Å². The molecule has 0 radical (unpaired) electrons. The normalized spacial score (nSPS) is 13.5. The standard InChI is InChI=1S/C22H28N6O2.C2H2O4.C2H6/c29-20(30)15-23-11-14-28-21-19(7-4-10-24-21)26-22(28)25-18-8-12-27(13-9-18)16-17-5-2-1-3-6-17;3-1(4)2(5)6;1-2/h1-7,10,18,23H,8-9,11-16H2,(H,25,26)(H,29,30);(H,3,4)(H,5,6);1-2H3. The first-order valence-electron chi connectivity index (χ1n) is 12.6. The SMILES string of the molecule is CC.O=C(O)C(=O)O.O=C(O)CNCCn1c(NC2CCN(Cc3ccccc3)CC2)nc2cccnc21. The summed E-state index contributed by atoms with van der Waals surface area (Å²) in [6.07, 6.45) is 3.87. The Labute approximate surface area is 221 Å². The molecule has 5 N–H and O–H groups in total. The first kappa shape index (κ1) is 30.2. The lowest BCUT2D eigenvalue weighted by Crippen LogP contribution is -2.39. The van der Waals surface area contributed by atoms with Gasteiger partial charge in [-0.15, -0.1) is 0 Å². The Morgan fingerprint density at radius 3 is 2.24 bits per heavy atom. The van der Waals surface area contributed by atoms with Gasteiger partial charge in [0, 0.05) is 45.0 Å². The fourth-order valence-corrected chi connectivity index (χ4v) is 3.93. The van der Waals surface area contributed by atoms with Crippen LogP contribution in [-0.2, 0) is 27.5 Å². The third-order valence-corrected chi connectivity index (χ3v) is 5.64. The monoisotopic (exact) mass is 528 g/mol. The molecular weight excluding hydrogens is 492 g/mol. The number of rotatable bonds is 9. The van der Waals surface area contributed by atoms with Crippen molar-refractivity contribution in [1.82, 2.24) is 24.8 Å². The molecule has 4 rings (SSSR count). The fourth-order valence-electron chi connectivity index (χ4n) is 3.93. The lowest BCUT2D eigenvalue weighted by Gasteiger charge is -2.32. The maximum atomic E-state index is 10.7. The summed E-state index contributed by atoms with van der Waals surface area (Å²) in [6, 6.07) is 14.8. The first-order valence-corrected chi connectivity index (χ1v) is 12.6. The van der Waals surface area contributed by atoms with E-state index in [1.165, 1.54) is 5.56 Å². The van der Waals surface area contributed by atoms with Crippen molar-refractivity contribution < 1.29 is 29.7 Å². The molecule has 206 valence electrons. The Kier molecular flexibility index (Phi) is 12.7. The number of carboxylic acids is 3. The van der Waals surface area contributed by atoms with Crippen LogP contribution in [0.15, 0.2) is 48.7 Å². The minimum Gasteiger partial charge on any atom is -0.480 e. The van der Waals surface area contributed by atoms with Crippen LogP contribution in [0.5, 0.6) is 0 Å². The van der Waals surface area contributed by atoms with Crippen LogP contribution in [0.4, 0.5) is 5.95 Å². The number of aromatic nitrogens is 3. The summed E-state index contributed by atoms with van der Waals surface area (Å²) in [5.74, 6) is -3.70. The van der Waals surface area contributed by atoms with Gasteiger partial charge in [0.15, 0.2) is 5.65 Å². The van der Waals surface area contributed by atoms with Gasteiger partial charge in [-0.2, -0.15) is 0 Å². The van der Waals surface area contributed by atoms with Crippen LogP contribution in [0.25, 0.3) is 11.2 Å². The van der Waals surface area contributed by atoms with Crippen molar-refractivity contribution in [3.8, 4) is 0 Å². The van der Waals surface area contributed by atoms with E-state index < -0.39 is 17.9 Å². The number of nitrogens with zero attached hydrogens (tertiary/aromatic N) is 4. The Bertz CT molecular complexity index is 1150. The molecule has 12 nitrogen and oxygen atoms in total. The summed E-state index contributed by atoms with van der Waals surface area (Å²) in [4.78, 5) is 40.6. The molecule has 12 heteroatoms. The van der Waals surface area contributed by atoms with Gasteiger partial charge in [0.25, 0.3) is 0 Å². The summed E-state index contributed by atoms with van der Waals surface area (Å²) >= 11 is 0. The first-order chi connectivity index (χ1) is 18.3. The molecule has 2 aromatic heterocycles. The highest BCUT2D eigenvalue weighted by molar-refractivity contribution is 6.27. The van der Waals surface area contributed by atoms with E-state index in [9.17, 15) is 4.79 Å². The number of nitrogens with one attached hydrogen (secondary N) is 2. The second-order valence-electron chi connectivity index (χ2n) is 8.29. The fraction of sp³-hybridized carbons (Fsp3) is 0.423. The molecule has 1 fully saturated rings. The lowest BCUT2D eigenvalue weighted by atomic mass is 10.0. The third-order valence-electron chi connectivity index (χ3n) is 5.64. The Morgan fingerprint density at radius 1 is 0.974 bits per heavy atom. The van der Waals surface area contributed by atoms with Crippen LogP contribution in [0.1, 0.15) is 32.3 Å². The average molecular weight is 529 g/mol. The van der Waals surface area contributed by atoms with Gasteiger partial charge in [-0.25, -0.2) is 19.6 Å². The van der Waals surface area contributed by atoms with E-state index in [1.807, 2.05) is 30.5 Å². The highest BCUT2D eigenvalue weighted by Gasteiger charge is 2.21. The molecule has 1 saturated heterocycles. The minimum absolute atomic E-state index is 0.0529. The van der Waals surface area contributed by atoms with Crippen LogP contribution in [0, 0.1) is 0 Å². The zero-order valence-electron chi connectivity index (χ0n) is 21.7. The predicted molar refractivity (Wildman–Crippen MR) is 143 cm³/mol. The molecule has 0 atom stereocenters. The number of pyridine rings is 1. The number of piperidine rings is 1. The molecule has 1 aromatic carbocycles. The largest absolute Gasteiger partial charge is 0.480 e. The van der Waals surface area contributed by atoms with Gasteiger partial charge >= 0.3 is 17.9 Å². The summed E-state index contributed by atoms with van der Waals surface area (Å²) in [5.41, 5.74) is 3.02. The number of aliphatic carboxylic acids is 3. The van der Waals surface area contributed by atoms with Gasteiger partial charge in [-0.05, 0) is 30.5 Å². The van der Waals surface area contributed by atoms with Gasteiger partial charge in [-0.3, -0.25) is 14.3 Å². The van der Waals surface area contributed by atoms with Crippen molar-refractivity contribution in [2.24, 2.45) is 0 Å². The van der Waals surface area contributed by atoms with Gasteiger partial charge in [0.2, 0.25) is 5.95 Å². The lowest BCUT2D eigenvalue weighted by molar-refractivity contribution is -0.159. The van der Waals surface area contributed by atoms with Gasteiger partial charge < -0.3 is 26.0 Å². The number of hydrogen-bond donors (Lipinski definition) is 5. The number of carboxylic acid groups (broad SMARTS) is 3. The van der Waals surface area contributed by atoms with Gasteiger partial charge in [0.1, 0.15) is 5.52 Å². The molecule has 0 amide bonds. The highest BCUT2D eigenvalue weighted by atomic mass is 16.4. The second kappa shape index (κ2) is 15.9. The van der Waals surface area contributed by atoms with Crippen molar-refractivity contribution in [1.29, 1.82) is 0 Å². The van der Waals surface area contributed by atoms with Crippen molar-refractivity contribution in [3.63, 3.8) is 0 Å².